The quantitative estimate of drug-likeness (QED) is 0.926. The largest absolute Gasteiger partial charge is 0.319 e. The van der Waals surface area contributed by atoms with Crippen LogP contribution < -0.4 is 5.73 Å². The van der Waals surface area contributed by atoms with Crippen LogP contribution in [0.15, 0.2) is 18.2 Å². The molecule has 2 N–H and O–H groups in total. The van der Waals surface area contributed by atoms with E-state index in [4.69, 9.17) is 17.3 Å². The van der Waals surface area contributed by atoms with E-state index in [1.165, 1.54) is 0 Å². The van der Waals surface area contributed by atoms with E-state index in [9.17, 15) is 0 Å². The number of benzene rings is 1. The van der Waals surface area contributed by atoms with Crippen LogP contribution >= 0.6 is 11.6 Å². The topological polar surface area (TPSA) is 69.6 Å². The highest BCUT2D eigenvalue weighted by Crippen LogP contribution is 2.37. The summed E-state index contributed by atoms with van der Waals surface area (Å²) in [6.07, 6.45) is 4.04. The lowest BCUT2D eigenvalue weighted by molar-refractivity contribution is 0.233. The Bertz CT molecular complexity index is 643. The van der Waals surface area contributed by atoms with Crippen molar-refractivity contribution >= 4 is 11.6 Å². The van der Waals surface area contributed by atoms with Crippen LogP contribution in [-0.4, -0.2) is 20.2 Å². The maximum absolute atomic E-state index is 6.62. The van der Waals surface area contributed by atoms with Crippen molar-refractivity contribution in [2.24, 2.45) is 11.7 Å². The average Bonchev–Trinajstić information content (AvgIpc) is 2.95. The highest BCUT2D eigenvalue weighted by atomic mass is 35.5. The van der Waals surface area contributed by atoms with Gasteiger partial charge in [0, 0.05) is 5.02 Å². The van der Waals surface area contributed by atoms with Gasteiger partial charge in [-0.2, -0.15) is 4.68 Å². The first-order valence-corrected chi connectivity index (χ1v) is 7.72. The number of rotatable bonds is 2. The lowest BCUT2D eigenvalue weighted by atomic mass is 9.77. The molecule has 112 valence electrons. The molecular formula is C15H20ClN5. The molecule has 3 rings (SSSR count). The molecule has 21 heavy (non-hydrogen) atoms. The number of hydrogen-bond acceptors (Lipinski definition) is 4. The lowest BCUT2D eigenvalue weighted by Gasteiger charge is -2.34. The van der Waals surface area contributed by atoms with Crippen molar-refractivity contribution in [1.29, 1.82) is 0 Å². The van der Waals surface area contributed by atoms with Gasteiger partial charge in [0.1, 0.15) is 0 Å². The summed E-state index contributed by atoms with van der Waals surface area (Å²) in [6, 6.07) is 5.74. The van der Waals surface area contributed by atoms with E-state index >= 15 is 0 Å². The van der Waals surface area contributed by atoms with Crippen molar-refractivity contribution in [1.82, 2.24) is 20.2 Å². The van der Waals surface area contributed by atoms with Gasteiger partial charge in [-0.25, -0.2) is 0 Å². The minimum absolute atomic E-state index is 0.454. The molecule has 2 aromatic rings. The predicted octanol–water partition coefficient (Wildman–Crippen LogP) is 2.99. The highest BCUT2D eigenvalue weighted by Gasteiger charge is 2.37. The zero-order valence-corrected chi connectivity index (χ0v) is 13.1. The van der Waals surface area contributed by atoms with Crippen LogP contribution in [0.5, 0.6) is 0 Å². The second kappa shape index (κ2) is 5.39. The van der Waals surface area contributed by atoms with Crippen LogP contribution in [0.25, 0.3) is 5.69 Å². The van der Waals surface area contributed by atoms with Crippen LogP contribution in [0.2, 0.25) is 5.02 Å². The Morgan fingerprint density at radius 3 is 2.76 bits per heavy atom. The smallest absolute Gasteiger partial charge is 0.176 e. The molecule has 0 bridgehead atoms. The van der Waals surface area contributed by atoms with E-state index in [0.717, 1.165) is 48.7 Å². The minimum atomic E-state index is -0.454. The normalized spacial score (nSPS) is 26.0. The second-order valence-electron chi connectivity index (χ2n) is 6.14. The van der Waals surface area contributed by atoms with E-state index < -0.39 is 5.54 Å². The van der Waals surface area contributed by atoms with Gasteiger partial charge >= 0.3 is 0 Å². The summed E-state index contributed by atoms with van der Waals surface area (Å²) in [4.78, 5) is 0. The summed E-state index contributed by atoms with van der Waals surface area (Å²) >= 11 is 6.21. The maximum atomic E-state index is 6.62. The van der Waals surface area contributed by atoms with Crippen molar-refractivity contribution < 1.29 is 0 Å². The first-order chi connectivity index (χ1) is 10.0. The third-order valence-corrected chi connectivity index (χ3v) is 4.96. The molecule has 1 aromatic carbocycles. The molecule has 0 unspecified atom stereocenters. The molecule has 1 aliphatic carbocycles. The van der Waals surface area contributed by atoms with Crippen LogP contribution in [-0.2, 0) is 5.54 Å². The van der Waals surface area contributed by atoms with Crippen LogP contribution in [0.4, 0.5) is 0 Å². The summed E-state index contributed by atoms with van der Waals surface area (Å²) in [5.74, 6) is 1.46. The zero-order chi connectivity index (χ0) is 15.0. The Balaban J connectivity index is 2.03. The number of nitrogens with zero attached hydrogens (tertiary/aromatic N) is 4. The van der Waals surface area contributed by atoms with Gasteiger partial charge in [-0.3, -0.25) is 0 Å². The predicted molar refractivity (Wildman–Crippen MR) is 82.4 cm³/mol. The molecule has 6 heteroatoms. The summed E-state index contributed by atoms with van der Waals surface area (Å²) in [5.41, 5.74) is 8.02. The first kappa shape index (κ1) is 14.5. The Morgan fingerprint density at radius 1 is 1.33 bits per heavy atom. The highest BCUT2D eigenvalue weighted by molar-refractivity contribution is 6.31. The van der Waals surface area contributed by atoms with E-state index in [2.05, 4.69) is 22.4 Å². The van der Waals surface area contributed by atoms with E-state index in [-0.39, 0.29) is 0 Å². The van der Waals surface area contributed by atoms with Gasteiger partial charge in [-0.05, 0) is 66.6 Å². The zero-order valence-electron chi connectivity index (χ0n) is 12.4. The first-order valence-electron chi connectivity index (χ1n) is 7.34. The maximum Gasteiger partial charge on any atom is 0.176 e. The summed E-state index contributed by atoms with van der Waals surface area (Å²) in [5, 5.41) is 12.9. The summed E-state index contributed by atoms with van der Waals surface area (Å²) in [7, 11) is 0. The summed E-state index contributed by atoms with van der Waals surface area (Å²) in [6.45, 7) is 4.24. The van der Waals surface area contributed by atoms with Gasteiger partial charge in [0.25, 0.3) is 0 Å². The van der Waals surface area contributed by atoms with Gasteiger partial charge in [0.15, 0.2) is 5.82 Å². The molecule has 1 aromatic heterocycles. The lowest BCUT2D eigenvalue weighted by Crippen LogP contribution is -2.42. The van der Waals surface area contributed by atoms with Crippen molar-refractivity contribution in [3.63, 3.8) is 0 Å². The second-order valence-corrected chi connectivity index (χ2v) is 6.54. The molecule has 0 radical (unpaired) electrons. The molecule has 0 saturated heterocycles. The van der Waals surface area contributed by atoms with Gasteiger partial charge in [0.2, 0.25) is 0 Å². The van der Waals surface area contributed by atoms with E-state index in [1.807, 2.05) is 25.1 Å². The average molecular weight is 306 g/mol. The molecule has 1 heterocycles. The molecule has 5 nitrogen and oxygen atoms in total. The van der Waals surface area contributed by atoms with Crippen LogP contribution in [0, 0.1) is 12.8 Å². The minimum Gasteiger partial charge on any atom is -0.319 e. The molecule has 1 aliphatic rings. The SMILES string of the molecule is Cc1c(Cl)cccc1-n1nnnc1C1(N)CCC(C)CC1. The Kier molecular flexibility index (Phi) is 3.71. The van der Waals surface area contributed by atoms with E-state index in [1.54, 1.807) is 4.68 Å². The number of hydrogen-bond donors (Lipinski definition) is 1. The number of nitrogens with two attached hydrogens (primary N) is 1. The molecule has 0 atom stereocenters. The Labute approximate surface area is 129 Å². The fourth-order valence-electron chi connectivity index (χ4n) is 2.99. The van der Waals surface area contributed by atoms with Crippen molar-refractivity contribution in [2.45, 2.75) is 45.1 Å². The fourth-order valence-corrected chi connectivity index (χ4v) is 3.16. The molecule has 1 fully saturated rings. The third-order valence-electron chi connectivity index (χ3n) is 4.55. The molecule has 1 saturated carbocycles. The molecular weight excluding hydrogens is 286 g/mol. The van der Waals surface area contributed by atoms with Crippen molar-refractivity contribution in [2.75, 3.05) is 0 Å². The molecule has 0 amide bonds. The Hall–Kier alpha value is -1.46. The van der Waals surface area contributed by atoms with Crippen molar-refractivity contribution in [3.05, 3.63) is 34.6 Å². The number of aromatic nitrogens is 4. The molecule has 0 spiro atoms. The van der Waals surface area contributed by atoms with Gasteiger partial charge in [0.05, 0.1) is 11.2 Å². The number of tetrazole rings is 1. The van der Waals surface area contributed by atoms with E-state index in [0.29, 0.717) is 5.02 Å². The van der Waals surface area contributed by atoms with Crippen LogP contribution in [0.1, 0.15) is 44.0 Å². The van der Waals surface area contributed by atoms with Crippen molar-refractivity contribution in [3.8, 4) is 5.69 Å². The summed E-state index contributed by atoms with van der Waals surface area (Å²) < 4.78 is 1.75. The molecule has 0 aliphatic heterocycles. The fraction of sp³-hybridized carbons (Fsp3) is 0.533. The number of halogens is 1. The van der Waals surface area contributed by atoms with Gasteiger partial charge in [-0.1, -0.05) is 24.6 Å². The monoisotopic (exact) mass is 305 g/mol. The third kappa shape index (κ3) is 2.56. The Morgan fingerprint density at radius 2 is 2.05 bits per heavy atom. The standard InChI is InChI=1S/C15H20ClN5/c1-10-6-8-15(17,9-7-10)14-18-19-20-21(14)13-5-3-4-12(16)11(13)2/h3-5,10H,6-9,17H2,1-2H3. The van der Waals surface area contributed by atoms with Crippen LogP contribution in [0.3, 0.4) is 0 Å². The van der Waals surface area contributed by atoms with Gasteiger partial charge < -0.3 is 5.73 Å². The van der Waals surface area contributed by atoms with Gasteiger partial charge in [-0.15, -0.1) is 5.10 Å².